The van der Waals surface area contributed by atoms with E-state index in [2.05, 4.69) is 31.4 Å². The maximum absolute atomic E-state index is 16.0. The molecule has 2 aliphatic carbocycles. The van der Waals surface area contributed by atoms with Crippen molar-refractivity contribution in [2.45, 2.75) is 130 Å². The molecule has 2 fully saturated rings. The van der Waals surface area contributed by atoms with Crippen LogP contribution in [0, 0.1) is 33.3 Å². The molecule has 0 saturated heterocycles. The van der Waals surface area contributed by atoms with E-state index in [1.165, 1.54) is 38.1 Å². The number of aliphatic hydroxyl groups excluding tert-OH is 1. The second kappa shape index (κ2) is 22.9. The molecule has 4 rings (SSSR count). The topological polar surface area (TPSA) is 217 Å². The molecule has 1 unspecified atom stereocenters. The van der Waals surface area contributed by atoms with E-state index in [9.17, 15) is 68.2 Å². The number of aliphatic hydroxyl groups is 1. The van der Waals surface area contributed by atoms with E-state index in [-0.39, 0.29) is 42.4 Å². The summed E-state index contributed by atoms with van der Waals surface area (Å²) in [5, 5.41) is 19.1. The minimum absolute atomic E-state index is 0.000985. The lowest BCUT2D eigenvalue weighted by Gasteiger charge is -2.39. The first-order valence-corrected chi connectivity index (χ1v) is 22.4. The Balaban J connectivity index is 1.86. The summed E-state index contributed by atoms with van der Waals surface area (Å²) in [5.74, 6) is -7.95. The number of nitrogens with zero attached hydrogens (tertiary/aromatic N) is 3. The van der Waals surface area contributed by atoms with E-state index in [0.717, 1.165) is 12.4 Å². The van der Waals surface area contributed by atoms with Crippen molar-refractivity contribution < 1.29 is 77.0 Å². The van der Waals surface area contributed by atoms with Crippen molar-refractivity contribution in [3.63, 3.8) is 0 Å². The first-order valence-electron chi connectivity index (χ1n) is 22.4. The van der Waals surface area contributed by atoms with Crippen LogP contribution in [0.15, 0.2) is 58.8 Å². The van der Waals surface area contributed by atoms with Gasteiger partial charge in [0.25, 0.3) is 5.91 Å². The van der Waals surface area contributed by atoms with Gasteiger partial charge in [-0.3, -0.25) is 24.6 Å². The first-order chi connectivity index (χ1) is 33.6. The molecule has 404 valence electrons. The quantitative estimate of drug-likeness (QED) is 0.0271. The van der Waals surface area contributed by atoms with Gasteiger partial charge >= 0.3 is 25.5 Å². The van der Waals surface area contributed by atoms with Gasteiger partial charge in [-0.25, -0.2) is 23.8 Å². The Labute approximate surface area is 412 Å². The Morgan fingerprint density at radius 1 is 0.699 bits per heavy atom. The lowest BCUT2D eigenvalue weighted by atomic mass is 9.82. The molecule has 0 aromatic heterocycles. The monoisotopic (exact) mass is 1060 g/mol. The molecule has 4 atom stereocenters. The lowest BCUT2D eigenvalue weighted by molar-refractivity contribution is -0.222. The fourth-order valence-electron chi connectivity index (χ4n) is 7.09. The van der Waals surface area contributed by atoms with Crippen molar-refractivity contribution in [1.29, 1.82) is 0 Å². The van der Waals surface area contributed by atoms with E-state index in [0.29, 0.717) is 57.3 Å². The average molecular weight is 1060 g/mol. The molecule has 0 spiro atoms. The lowest BCUT2D eigenvalue weighted by Crippen LogP contribution is -2.64. The van der Waals surface area contributed by atoms with Gasteiger partial charge < -0.3 is 32.5 Å². The minimum atomic E-state index is -5.21. The van der Waals surface area contributed by atoms with Crippen LogP contribution in [-0.2, 0) is 32.1 Å². The average Bonchev–Trinajstić information content (AvgIpc) is 4.22. The number of amides is 4. The van der Waals surface area contributed by atoms with Gasteiger partial charge in [-0.1, -0.05) is 38.1 Å². The summed E-state index contributed by atoms with van der Waals surface area (Å²) in [6, 6.07) is -0.175. The summed E-state index contributed by atoms with van der Waals surface area (Å²) in [7, 11) is 0. The summed E-state index contributed by atoms with van der Waals surface area (Å²) < 4.78 is 172. The van der Waals surface area contributed by atoms with Gasteiger partial charge in [-0.2, -0.15) is 43.9 Å². The van der Waals surface area contributed by atoms with Gasteiger partial charge in [-0.15, -0.1) is 0 Å². The summed E-state index contributed by atoms with van der Waals surface area (Å²) >= 11 is 0. The third-order valence-electron chi connectivity index (χ3n) is 13.1. The molecule has 4 amide bonds. The Kier molecular flexibility index (Phi) is 18.7. The number of nitrogens with two attached hydrogens (primary N) is 2. The molecule has 0 bridgehead atoms. The number of alkyl halides is 10. The molecule has 2 saturated carbocycles. The zero-order valence-corrected chi connectivity index (χ0v) is 40.3. The summed E-state index contributed by atoms with van der Waals surface area (Å²) in [6.45, 7) is -3.38. The van der Waals surface area contributed by atoms with E-state index >= 15 is 8.78 Å². The van der Waals surface area contributed by atoms with Gasteiger partial charge in [0.15, 0.2) is 0 Å². The van der Waals surface area contributed by atoms with E-state index in [4.69, 9.17) is 11.5 Å². The summed E-state index contributed by atoms with van der Waals surface area (Å²) in [5.41, 5.74) is 3.34. The number of allylic oxidation sites excluding steroid dienone is 2. The van der Waals surface area contributed by atoms with Crippen LogP contribution in [0.1, 0.15) is 89.5 Å². The maximum atomic E-state index is 16.0. The second-order valence-electron chi connectivity index (χ2n) is 19.6. The van der Waals surface area contributed by atoms with Crippen LogP contribution in [0.2, 0.25) is 0 Å². The molecular formula is C47H57F12N9O5. The number of nitrogens with one attached hydrogen (secondary N) is 4. The normalized spacial score (nSPS) is 17.9. The fraction of sp³-hybridized carbons (Fsp3) is 0.532. The number of aliphatic imine (C=N–C) groups is 2. The first kappa shape index (κ1) is 59.4. The molecule has 2 aliphatic rings. The van der Waals surface area contributed by atoms with Gasteiger partial charge in [0.05, 0.1) is 23.0 Å². The number of hydrazine groups is 1. The number of benzene rings is 2. The maximum Gasteiger partial charge on any atom is 0.396 e. The third-order valence-corrected chi connectivity index (χ3v) is 13.1. The highest BCUT2D eigenvalue weighted by Gasteiger charge is 2.59. The number of rotatable bonds is 23. The van der Waals surface area contributed by atoms with E-state index in [1.54, 1.807) is 0 Å². The SMILES string of the molecule is CC1(C(=O)NC(C(=O)N[C@@H](Cc2ccc(C(C=NC(F)F)=CN)cc2)[C@@H](O)CN(Cc2c(F)cc(C(C=NC(F)F)=CN)cc2F)NC(=O)[C@@H](NC(=O)C2(C)CC2)C(C)(C)C(F)(F)F)C(C)(C)C(F)(F)F)CC1. The molecule has 26 heteroatoms. The number of hydrogen-bond acceptors (Lipinski definition) is 10. The van der Waals surface area contributed by atoms with Gasteiger partial charge in [0, 0.05) is 65.5 Å². The van der Waals surface area contributed by atoms with Crippen molar-refractivity contribution in [2.75, 3.05) is 6.54 Å². The highest BCUT2D eigenvalue weighted by atomic mass is 19.4. The van der Waals surface area contributed by atoms with Crippen molar-refractivity contribution >= 4 is 47.2 Å². The third kappa shape index (κ3) is 15.0. The van der Waals surface area contributed by atoms with Crippen molar-refractivity contribution in [3.8, 4) is 0 Å². The fourth-order valence-corrected chi connectivity index (χ4v) is 7.09. The zero-order chi connectivity index (χ0) is 55.2. The molecule has 0 aliphatic heterocycles. The highest BCUT2D eigenvalue weighted by molar-refractivity contribution is 6.10. The summed E-state index contributed by atoms with van der Waals surface area (Å²) in [6.07, 6.45) is -9.15. The van der Waals surface area contributed by atoms with Crippen LogP contribution in [0.25, 0.3) is 11.1 Å². The predicted molar refractivity (Wildman–Crippen MR) is 245 cm³/mol. The number of halogens is 12. The molecule has 0 radical (unpaired) electrons. The molecule has 9 N–H and O–H groups in total. The second-order valence-corrected chi connectivity index (χ2v) is 19.6. The Morgan fingerprint density at radius 2 is 1.11 bits per heavy atom. The van der Waals surface area contributed by atoms with E-state index < -0.39 is 143 Å². The predicted octanol–water partition coefficient (Wildman–Crippen LogP) is 6.82. The van der Waals surface area contributed by atoms with Crippen LogP contribution < -0.4 is 32.8 Å². The largest absolute Gasteiger partial charge is 0.404 e. The van der Waals surface area contributed by atoms with E-state index in [1.807, 2.05) is 0 Å². The molecule has 73 heavy (non-hydrogen) atoms. The van der Waals surface area contributed by atoms with Crippen molar-refractivity contribution in [3.05, 3.63) is 82.7 Å². The molecule has 2 aromatic carbocycles. The van der Waals surface area contributed by atoms with Crippen LogP contribution >= 0.6 is 0 Å². The van der Waals surface area contributed by atoms with Crippen molar-refractivity contribution in [1.82, 2.24) is 26.4 Å². The smallest absolute Gasteiger partial charge is 0.396 e. The Bertz CT molecular complexity index is 2430. The number of carbonyl (C=O) groups excluding carboxylic acids is 4. The van der Waals surface area contributed by atoms with Gasteiger partial charge in [-0.05, 0) is 88.6 Å². The molecule has 0 heterocycles. The molecule has 14 nitrogen and oxygen atoms in total. The minimum Gasteiger partial charge on any atom is -0.404 e. The van der Waals surface area contributed by atoms with Crippen LogP contribution in [0.5, 0.6) is 0 Å². The van der Waals surface area contributed by atoms with Crippen molar-refractivity contribution in [2.24, 2.45) is 43.1 Å². The summed E-state index contributed by atoms with van der Waals surface area (Å²) in [4.78, 5) is 60.7. The van der Waals surface area contributed by atoms with Crippen LogP contribution in [0.3, 0.4) is 0 Å². The standard InChI is InChI=1S/C47H57F12N9O5/c1-42(2,46(54,55)56)34(65-38(72)44(5)11-12-44)36(70)64-32(15-24-7-9-25(10-8-24)27(18-60)20-62-40(50)51)33(69)23-68(22-29-30(48)16-26(17-31(29)49)28(19-61)21-63-41(52)53)67-37(71)35(43(3,4)47(57,58)59)66-39(73)45(6)13-14-45/h7-10,16-21,32-35,40-41,69H,11-15,22-23,60-61H2,1-6H3,(H,64,70)(H,65,72)(H,66,73)(H,67,71)/t32-,33-,34?,35+/m0/s1. The molecule has 2 aromatic rings. The van der Waals surface area contributed by atoms with Crippen LogP contribution in [0.4, 0.5) is 52.7 Å². The van der Waals surface area contributed by atoms with Crippen LogP contribution in [-0.4, -0.2) is 102 Å². The highest BCUT2D eigenvalue weighted by Crippen LogP contribution is 2.48. The Morgan fingerprint density at radius 3 is 1.49 bits per heavy atom. The zero-order valence-electron chi connectivity index (χ0n) is 40.3. The molecular weight excluding hydrogens is 999 g/mol. The Hall–Kier alpha value is -6.18. The number of carbonyl (C=O) groups is 4. The van der Waals surface area contributed by atoms with Gasteiger partial charge in [0.1, 0.15) is 23.7 Å². The van der Waals surface area contributed by atoms with Gasteiger partial charge in [0.2, 0.25) is 17.7 Å². The number of hydrogen-bond donors (Lipinski definition) is 7.